The molecule has 8 heteroatoms. The Morgan fingerprint density at radius 1 is 1.19 bits per heavy atom. The number of nitrogens with zero attached hydrogens (tertiary/aromatic N) is 2. The van der Waals surface area contributed by atoms with E-state index >= 15 is 0 Å². The fraction of sp³-hybridized carbons (Fsp3) is 0.348. The maximum absolute atomic E-state index is 6.49. The quantitative estimate of drug-likeness (QED) is 0.378. The maximum Gasteiger partial charge on any atom is 0.161 e. The molecule has 0 atom stereocenters. The summed E-state index contributed by atoms with van der Waals surface area (Å²) in [6, 6.07) is 12.0. The Bertz CT molecular complexity index is 1060. The first kappa shape index (κ1) is 21.9. The average molecular weight is 460 g/mol. The summed E-state index contributed by atoms with van der Waals surface area (Å²) in [7, 11) is 1.64. The summed E-state index contributed by atoms with van der Waals surface area (Å²) in [4.78, 5) is 2.34. The molecule has 3 aromatic rings. The first-order valence-electron chi connectivity index (χ1n) is 10.2. The van der Waals surface area contributed by atoms with Crippen LogP contribution in [-0.2, 0) is 4.74 Å². The van der Waals surface area contributed by atoms with Crippen molar-refractivity contribution in [3.05, 3.63) is 52.5 Å². The lowest BCUT2D eigenvalue weighted by Gasteiger charge is -2.26. The number of hydrogen-bond acceptors (Lipinski definition) is 7. The SMILES string of the molecule is COc1cc(/C=N\Nc2sc3cc(C)ccc3c2Cl)ccc1OCCN1CCOCC1. The molecule has 0 bridgehead atoms. The lowest BCUT2D eigenvalue weighted by Crippen LogP contribution is -2.38. The standard InChI is InChI=1S/C23H26ClN3O3S/c1-16-3-5-18-21(13-16)31-23(22(18)24)26-25-15-17-4-6-19(20(14-17)28-2)30-12-9-27-7-10-29-11-8-27/h3-6,13-15,26H,7-12H2,1-2H3/b25-15-. The van der Waals surface area contributed by atoms with Gasteiger partial charge in [0.1, 0.15) is 11.6 Å². The van der Waals surface area contributed by atoms with Crippen LogP contribution in [0, 0.1) is 6.92 Å². The van der Waals surface area contributed by atoms with Gasteiger partial charge >= 0.3 is 0 Å². The zero-order valence-electron chi connectivity index (χ0n) is 17.7. The van der Waals surface area contributed by atoms with Crippen LogP contribution in [0.4, 0.5) is 5.00 Å². The number of hydrogen-bond donors (Lipinski definition) is 1. The lowest BCUT2D eigenvalue weighted by atomic mass is 10.2. The molecule has 31 heavy (non-hydrogen) atoms. The fourth-order valence-corrected chi connectivity index (χ4v) is 4.82. The summed E-state index contributed by atoms with van der Waals surface area (Å²) in [5.74, 6) is 1.41. The highest BCUT2D eigenvalue weighted by Gasteiger charge is 2.12. The average Bonchev–Trinajstić information content (AvgIpc) is 3.09. The topological polar surface area (TPSA) is 55.3 Å². The molecule has 0 amide bonds. The number of halogens is 1. The number of benzene rings is 2. The zero-order valence-corrected chi connectivity index (χ0v) is 19.3. The molecule has 0 unspecified atom stereocenters. The van der Waals surface area contributed by atoms with Crippen molar-refractivity contribution in [2.45, 2.75) is 6.92 Å². The summed E-state index contributed by atoms with van der Waals surface area (Å²) >= 11 is 8.08. The molecule has 4 rings (SSSR count). The van der Waals surface area contributed by atoms with Gasteiger partial charge in [0, 0.05) is 29.7 Å². The highest BCUT2D eigenvalue weighted by atomic mass is 35.5. The number of ether oxygens (including phenoxy) is 3. The van der Waals surface area contributed by atoms with Crippen LogP contribution in [0.2, 0.25) is 5.02 Å². The van der Waals surface area contributed by atoms with Gasteiger partial charge in [-0.1, -0.05) is 23.7 Å². The van der Waals surface area contributed by atoms with E-state index in [1.165, 1.54) is 5.56 Å². The number of thiophene rings is 1. The van der Waals surface area contributed by atoms with Gasteiger partial charge in [0.15, 0.2) is 11.5 Å². The van der Waals surface area contributed by atoms with Crippen LogP contribution in [0.5, 0.6) is 11.5 Å². The summed E-state index contributed by atoms with van der Waals surface area (Å²) in [6.45, 7) is 7.03. The largest absolute Gasteiger partial charge is 0.493 e. The first-order chi connectivity index (χ1) is 15.1. The van der Waals surface area contributed by atoms with Crippen LogP contribution in [0.25, 0.3) is 10.1 Å². The van der Waals surface area contributed by atoms with Gasteiger partial charge in [0.2, 0.25) is 0 Å². The Morgan fingerprint density at radius 2 is 2.03 bits per heavy atom. The van der Waals surface area contributed by atoms with Crippen LogP contribution in [0.1, 0.15) is 11.1 Å². The number of nitrogens with one attached hydrogen (secondary N) is 1. The number of anilines is 1. The van der Waals surface area contributed by atoms with Gasteiger partial charge in [0.05, 0.1) is 31.6 Å². The van der Waals surface area contributed by atoms with Gasteiger partial charge in [-0.3, -0.25) is 10.3 Å². The molecule has 2 aromatic carbocycles. The van der Waals surface area contributed by atoms with Gasteiger partial charge in [-0.2, -0.15) is 5.10 Å². The molecular weight excluding hydrogens is 434 g/mol. The molecule has 0 radical (unpaired) electrons. The molecule has 0 spiro atoms. The molecule has 1 fully saturated rings. The van der Waals surface area contributed by atoms with Gasteiger partial charge < -0.3 is 14.2 Å². The molecule has 1 aliphatic heterocycles. The predicted molar refractivity (Wildman–Crippen MR) is 129 cm³/mol. The number of hydrazone groups is 1. The van der Waals surface area contributed by atoms with Crippen LogP contribution in [-0.4, -0.2) is 57.7 Å². The van der Waals surface area contributed by atoms with E-state index in [2.05, 4.69) is 34.5 Å². The van der Waals surface area contributed by atoms with E-state index in [9.17, 15) is 0 Å². The Kier molecular flexibility index (Phi) is 7.29. The summed E-state index contributed by atoms with van der Waals surface area (Å²) in [5, 5.41) is 6.91. The van der Waals surface area contributed by atoms with Crippen molar-refractivity contribution in [1.82, 2.24) is 4.90 Å². The van der Waals surface area contributed by atoms with Crippen molar-refractivity contribution in [2.24, 2.45) is 5.10 Å². The minimum absolute atomic E-state index is 0.606. The third-order valence-corrected chi connectivity index (χ3v) is 6.68. The minimum Gasteiger partial charge on any atom is -0.493 e. The monoisotopic (exact) mass is 459 g/mol. The van der Waals surface area contributed by atoms with E-state index in [1.807, 2.05) is 24.3 Å². The molecule has 1 aliphatic rings. The Hall–Kier alpha value is -2.32. The molecule has 1 saturated heterocycles. The van der Waals surface area contributed by atoms with Gasteiger partial charge in [-0.25, -0.2) is 0 Å². The van der Waals surface area contributed by atoms with Crippen molar-refractivity contribution in [3.8, 4) is 11.5 Å². The maximum atomic E-state index is 6.49. The molecule has 0 saturated carbocycles. The van der Waals surface area contributed by atoms with E-state index in [1.54, 1.807) is 24.7 Å². The van der Waals surface area contributed by atoms with Crippen molar-refractivity contribution >= 4 is 44.2 Å². The van der Waals surface area contributed by atoms with Crippen molar-refractivity contribution < 1.29 is 14.2 Å². The van der Waals surface area contributed by atoms with Crippen LogP contribution in [0.3, 0.4) is 0 Å². The third kappa shape index (κ3) is 5.49. The van der Waals surface area contributed by atoms with Crippen molar-refractivity contribution in [1.29, 1.82) is 0 Å². The van der Waals surface area contributed by atoms with Crippen molar-refractivity contribution in [3.63, 3.8) is 0 Å². The van der Waals surface area contributed by atoms with E-state index in [4.69, 9.17) is 25.8 Å². The van der Waals surface area contributed by atoms with Crippen LogP contribution < -0.4 is 14.9 Å². The fourth-order valence-electron chi connectivity index (χ4n) is 3.40. The van der Waals surface area contributed by atoms with E-state index in [0.29, 0.717) is 17.4 Å². The molecule has 6 nitrogen and oxygen atoms in total. The number of rotatable bonds is 8. The molecule has 1 aromatic heterocycles. The number of aryl methyl sites for hydroxylation is 1. The Labute approximate surface area is 191 Å². The van der Waals surface area contributed by atoms with Crippen molar-refractivity contribution in [2.75, 3.05) is 52.0 Å². The molecule has 164 valence electrons. The second-order valence-corrected chi connectivity index (χ2v) is 8.76. The second-order valence-electron chi connectivity index (χ2n) is 7.33. The van der Waals surface area contributed by atoms with E-state index in [0.717, 1.165) is 59.2 Å². The minimum atomic E-state index is 0.606. The first-order valence-corrected chi connectivity index (χ1v) is 11.4. The van der Waals surface area contributed by atoms with Gasteiger partial charge in [-0.15, -0.1) is 11.3 Å². The Balaban J connectivity index is 1.37. The molecule has 1 N–H and O–H groups in total. The summed E-state index contributed by atoms with van der Waals surface area (Å²) in [5.41, 5.74) is 5.17. The molecule has 0 aliphatic carbocycles. The second kappa shape index (κ2) is 10.3. The zero-order chi connectivity index (χ0) is 21.6. The third-order valence-electron chi connectivity index (χ3n) is 5.12. The number of morpholine rings is 1. The highest BCUT2D eigenvalue weighted by Crippen LogP contribution is 2.39. The predicted octanol–water partition coefficient (Wildman–Crippen LogP) is 5.03. The lowest BCUT2D eigenvalue weighted by molar-refractivity contribution is 0.0321. The van der Waals surface area contributed by atoms with Gasteiger partial charge in [-0.05, 0) is 42.3 Å². The number of methoxy groups -OCH3 is 1. The normalized spacial score (nSPS) is 14.9. The molecular formula is C23H26ClN3O3S. The van der Waals surface area contributed by atoms with E-state index < -0.39 is 0 Å². The molecule has 2 heterocycles. The van der Waals surface area contributed by atoms with E-state index in [-0.39, 0.29) is 0 Å². The van der Waals surface area contributed by atoms with Crippen LogP contribution >= 0.6 is 22.9 Å². The highest BCUT2D eigenvalue weighted by molar-refractivity contribution is 7.23. The van der Waals surface area contributed by atoms with Gasteiger partial charge in [0.25, 0.3) is 0 Å². The summed E-state index contributed by atoms with van der Waals surface area (Å²) < 4.78 is 18.0. The smallest absolute Gasteiger partial charge is 0.161 e. The Morgan fingerprint density at radius 3 is 2.84 bits per heavy atom. The van der Waals surface area contributed by atoms with Crippen LogP contribution in [0.15, 0.2) is 41.5 Å². The summed E-state index contributed by atoms with van der Waals surface area (Å²) in [6.07, 6.45) is 1.74. The number of fused-ring (bicyclic) bond motifs is 1.